The average molecular weight is 910 g/mol. The number of likely N-dealkylation sites (tertiary alicyclic amines) is 2. The van der Waals surface area contributed by atoms with Crippen LogP contribution < -0.4 is 15.4 Å². The first-order valence-corrected chi connectivity index (χ1v) is 22.2. The predicted molar refractivity (Wildman–Crippen MR) is 244 cm³/mol. The molecule has 352 valence electrons. The molecule has 4 aliphatic rings. The summed E-state index contributed by atoms with van der Waals surface area (Å²) < 4.78 is 38.1. The van der Waals surface area contributed by atoms with E-state index < -0.39 is 36.5 Å². The van der Waals surface area contributed by atoms with E-state index in [0.717, 1.165) is 61.4 Å². The van der Waals surface area contributed by atoms with Crippen LogP contribution in [0.3, 0.4) is 0 Å². The molecule has 66 heavy (non-hydrogen) atoms. The van der Waals surface area contributed by atoms with E-state index in [4.69, 9.17) is 43.1 Å². The van der Waals surface area contributed by atoms with Crippen molar-refractivity contribution in [2.24, 2.45) is 16.8 Å². The number of ether oxygens (including phenoxy) is 7. The third-order valence-corrected chi connectivity index (χ3v) is 13.5. The first kappa shape index (κ1) is 46.4. The topological polar surface area (TPSA) is 204 Å². The maximum Gasteiger partial charge on any atom is 0.407 e. The van der Waals surface area contributed by atoms with Gasteiger partial charge in [-0.05, 0) is 84.0 Å². The maximum atomic E-state index is 14.2. The molecule has 4 aromatic rings. The predicted octanol–water partition coefficient (Wildman–Crippen LogP) is 5.34. The lowest BCUT2D eigenvalue weighted by molar-refractivity contribution is -0.138. The number of aliphatic imine (C=N–C) groups is 1. The summed E-state index contributed by atoms with van der Waals surface area (Å²) in [4.78, 5) is 69.7. The van der Waals surface area contributed by atoms with Gasteiger partial charge in [0.25, 0.3) is 0 Å². The Labute approximate surface area is 383 Å². The van der Waals surface area contributed by atoms with E-state index in [2.05, 4.69) is 52.0 Å². The third kappa shape index (κ3) is 9.06. The molecule has 0 bridgehead atoms. The number of nitrogens with one attached hydrogen (secondary N) is 3. The molecule has 8 atom stereocenters. The Morgan fingerprint density at radius 2 is 1.41 bits per heavy atom. The van der Waals surface area contributed by atoms with Gasteiger partial charge >= 0.3 is 12.2 Å². The van der Waals surface area contributed by atoms with Crippen LogP contribution in [0.4, 0.5) is 15.3 Å². The minimum Gasteiger partial charge on any atom is -0.488 e. The van der Waals surface area contributed by atoms with Crippen molar-refractivity contribution in [3.05, 3.63) is 65.6 Å². The third-order valence-electron chi connectivity index (χ3n) is 13.5. The Morgan fingerprint density at radius 3 is 2.02 bits per heavy atom. The van der Waals surface area contributed by atoms with Crippen molar-refractivity contribution in [2.45, 2.75) is 76.1 Å². The van der Waals surface area contributed by atoms with Gasteiger partial charge in [-0.25, -0.2) is 14.6 Å². The van der Waals surface area contributed by atoms with Crippen LogP contribution in [0.1, 0.15) is 49.7 Å². The van der Waals surface area contributed by atoms with Gasteiger partial charge in [0, 0.05) is 71.1 Å². The van der Waals surface area contributed by atoms with Crippen LogP contribution in [-0.2, 0) is 51.0 Å². The number of aromatic nitrogens is 2. The Balaban J connectivity index is 1.02. The number of benzene rings is 3. The van der Waals surface area contributed by atoms with Gasteiger partial charge in [0.1, 0.15) is 30.3 Å². The summed E-state index contributed by atoms with van der Waals surface area (Å²) in [5, 5.41) is 7.40. The number of rotatable bonds is 15. The van der Waals surface area contributed by atoms with E-state index in [1.165, 1.54) is 28.4 Å². The van der Waals surface area contributed by atoms with Crippen LogP contribution in [0.2, 0.25) is 0 Å². The van der Waals surface area contributed by atoms with Gasteiger partial charge < -0.3 is 58.6 Å². The van der Waals surface area contributed by atoms with Crippen LogP contribution in [-0.4, -0.2) is 149 Å². The Bertz CT molecular complexity index is 2510. The molecule has 0 saturated carbocycles. The molecule has 18 heteroatoms. The summed E-state index contributed by atoms with van der Waals surface area (Å²) in [6, 6.07) is 12.1. The van der Waals surface area contributed by atoms with Crippen LogP contribution in [0.5, 0.6) is 5.75 Å². The average Bonchev–Trinajstić information content (AvgIpc) is 4.17. The van der Waals surface area contributed by atoms with Gasteiger partial charge in [0.15, 0.2) is 0 Å². The first-order chi connectivity index (χ1) is 31.9. The highest BCUT2D eigenvalue weighted by atomic mass is 16.5. The molecule has 2 saturated heterocycles. The van der Waals surface area contributed by atoms with Gasteiger partial charge in [-0.1, -0.05) is 18.2 Å². The molecule has 0 unspecified atom stereocenters. The number of H-pyrrole nitrogens is 1. The molecule has 3 N–H and O–H groups in total. The molecule has 8 rings (SSSR count). The van der Waals surface area contributed by atoms with Crippen molar-refractivity contribution in [1.82, 2.24) is 30.4 Å². The number of nitrogens with zero attached hydrogens (tertiary/aromatic N) is 4. The molecule has 0 spiro atoms. The van der Waals surface area contributed by atoms with Gasteiger partial charge in [-0.3, -0.25) is 14.6 Å². The van der Waals surface area contributed by atoms with Gasteiger partial charge in [0.05, 0.1) is 69.3 Å². The van der Waals surface area contributed by atoms with Crippen LogP contribution in [0.15, 0.2) is 53.7 Å². The smallest absolute Gasteiger partial charge is 0.407 e. The Morgan fingerprint density at radius 1 is 0.788 bits per heavy atom. The second kappa shape index (κ2) is 19.8. The highest BCUT2D eigenvalue weighted by Crippen LogP contribution is 2.45. The zero-order valence-corrected chi connectivity index (χ0v) is 38.7. The lowest BCUT2D eigenvalue weighted by Crippen LogP contribution is -2.56. The van der Waals surface area contributed by atoms with E-state index in [9.17, 15) is 19.2 Å². The standard InChI is InChI=1S/C48H59N7O11/c1-25(62-5)42(52-47(58)64-7)45(56)54-20-27(22-60-3)13-39(54)37-17-34-33-18-41-35(16-29(33)10-12-36(34)50-37)32-11-9-30(15-31(32)24-66-41)38-19-49-44(51-38)40-14-28(23-61-4)21-55(40)46(57)43(26(2)63-6)53-48(59)65-8/h9-12,15-16,18-19,25-28,39-40,42-43H,13-14,17,20-24H2,1-8H3,(H,49,51)(H,52,58)(H,53,59)/t25-,26-,27+,28+,39+,40+,42+,43+/m1/s1. The summed E-state index contributed by atoms with van der Waals surface area (Å²) >= 11 is 0. The second-order valence-corrected chi connectivity index (χ2v) is 17.5. The highest BCUT2D eigenvalue weighted by Gasteiger charge is 2.45. The van der Waals surface area contributed by atoms with Crippen molar-refractivity contribution in [1.29, 1.82) is 0 Å². The Kier molecular flexibility index (Phi) is 13.9. The summed E-state index contributed by atoms with van der Waals surface area (Å²) in [6.45, 7) is 5.65. The number of hydrogen-bond acceptors (Lipinski definition) is 13. The number of alkyl carbamates (subject to hydrolysis) is 2. The number of fused-ring (bicyclic) bond motifs is 6. The molecular weight excluding hydrogens is 851 g/mol. The van der Waals surface area contributed by atoms with E-state index >= 15 is 0 Å². The fourth-order valence-corrected chi connectivity index (χ4v) is 9.92. The molecule has 18 nitrogen and oxygen atoms in total. The summed E-state index contributed by atoms with van der Waals surface area (Å²) in [7, 11) is 8.80. The van der Waals surface area contributed by atoms with Gasteiger partial charge in [-0.2, -0.15) is 0 Å². The molecular formula is C48H59N7O11. The minimum atomic E-state index is -0.967. The first-order valence-electron chi connectivity index (χ1n) is 22.2. The van der Waals surface area contributed by atoms with Gasteiger partial charge in [0.2, 0.25) is 11.8 Å². The normalized spacial score (nSPS) is 21.5. The SMILES string of the molecule is COC[C@H]1C[C@@H](C2=Nc3ccc4cc5c(cc4c3C2)OCc2cc(-c3cnc([C@@H]4C[C@H](COC)CN4C(=O)[C@@H](NC(=O)OC)[C@@H](C)OC)[nH]3)ccc2-5)N(C(=O)[C@@H](NC(=O)OC)[C@@H](C)OC)C1. The zero-order valence-electron chi connectivity index (χ0n) is 38.7. The number of amides is 4. The van der Waals surface area contributed by atoms with E-state index in [1.54, 1.807) is 39.2 Å². The highest BCUT2D eigenvalue weighted by molar-refractivity contribution is 6.06. The second-order valence-electron chi connectivity index (χ2n) is 17.5. The molecule has 2 fully saturated rings. The number of carbonyl (C=O) groups is 4. The molecule has 4 aliphatic heterocycles. The van der Waals surface area contributed by atoms with E-state index in [-0.39, 0.29) is 35.7 Å². The monoisotopic (exact) mass is 909 g/mol. The summed E-state index contributed by atoms with van der Waals surface area (Å²) in [6.07, 6.45) is 0.987. The molecule has 4 amide bonds. The van der Waals surface area contributed by atoms with Crippen molar-refractivity contribution in [3.63, 3.8) is 0 Å². The van der Waals surface area contributed by atoms with Crippen LogP contribution >= 0.6 is 0 Å². The van der Waals surface area contributed by atoms with Crippen molar-refractivity contribution in [3.8, 4) is 28.1 Å². The lowest BCUT2D eigenvalue weighted by Gasteiger charge is -2.31. The summed E-state index contributed by atoms with van der Waals surface area (Å²) in [5.74, 6) is 0.990. The van der Waals surface area contributed by atoms with E-state index in [1.807, 2.05) is 11.0 Å². The molecule has 3 aromatic carbocycles. The zero-order chi connectivity index (χ0) is 46.8. The number of methoxy groups -OCH3 is 6. The quantitative estimate of drug-likeness (QED) is 0.138. The number of carbonyl (C=O) groups excluding carboxylic acids is 4. The molecule has 0 radical (unpaired) electrons. The molecule has 0 aliphatic carbocycles. The maximum absolute atomic E-state index is 14.2. The Hall–Kier alpha value is -6.08. The van der Waals surface area contributed by atoms with E-state index in [0.29, 0.717) is 58.0 Å². The van der Waals surface area contributed by atoms with Crippen molar-refractivity contribution < 1.29 is 52.3 Å². The lowest BCUT2D eigenvalue weighted by atomic mass is 9.90. The number of imidazole rings is 1. The van der Waals surface area contributed by atoms with Crippen LogP contribution in [0.25, 0.3) is 33.2 Å². The van der Waals surface area contributed by atoms with Crippen molar-refractivity contribution >= 4 is 46.2 Å². The van der Waals surface area contributed by atoms with Crippen LogP contribution in [0, 0.1) is 11.8 Å². The fraction of sp³-hybridized carbons (Fsp3) is 0.500. The molecule has 5 heterocycles. The van der Waals surface area contributed by atoms with Gasteiger partial charge in [-0.15, -0.1) is 0 Å². The number of aromatic amines is 1. The molecule has 1 aromatic heterocycles. The summed E-state index contributed by atoms with van der Waals surface area (Å²) in [5.41, 5.74) is 7.59. The minimum absolute atomic E-state index is 0.0607. The largest absolute Gasteiger partial charge is 0.488 e. The van der Waals surface area contributed by atoms with Crippen molar-refractivity contribution in [2.75, 3.05) is 69.0 Å². The number of hydrogen-bond donors (Lipinski definition) is 3. The fourth-order valence-electron chi connectivity index (χ4n) is 9.92.